The van der Waals surface area contributed by atoms with Crippen LogP contribution in [0.25, 0.3) is 11.3 Å². The Morgan fingerprint density at radius 3 is 2.29 bits per heavy atom. The van der Waals surface area contributed by atoms with Crippen molar-refractivity contribution in [1.29, 1.82) is 0 Å². The summed E-state index contributed by atoms with van der Waals surface area (Å²) in [5.74, 6) is 0.108. The molecule has 1 saturated heterocycles. The molecule has 1 saturated carbocycles. The molecule has 2 fully saturated rings. The fourth-order valence-corrected chi connectivity index (χ4v) is 6.62. The predicted molar refractivity (Wildman–Crippen MR) is 138 cm³/mol. The normalized spacial score (nSPS) is 17.9. The molecule has 7 nitrogen and oxygen atoms in total. The van der Waals surface area contributed by atoms with Gasteiger partial charge in [-0.2, -0.15) is 13.2 Å². The van der Waals surface area contributed by atoms with Gasteiger partial charge in [0.05, 0.1) is 16.0 Å². The molecule has 2 aliphatic rings. The highest BCUT2D eigenvalue weighted by molar-refractivity contribution is 7.89. The zero-order valence-electron chi connectivity index (χ0n) is 22.2. The van der Waals surface area contributed by atoms with E-state index in [4.69, 9.17) is 4.74 Å². The lowest BCUT2D eigenvalue weighted by Gasteiger charge is -2.28. The van der Waals surface area contributed by atoms with Gasteiger partial charge in [-0.1, -0.05) is 12.5 Å². The van der Waals surface area contributed by atoms with E-state index < -0.39 is 32.2 Å². The van der Waals surface area contributed by atoms with Crippen molar-refractivity contribution in [3.8, 4) is 11.3 Å². The van der Waals surface area contributed by atoms with Gasteiger partial charge in [0.1, 0.15) is 0 Å². The number of nitrogens with zero attached hydrogens (tertiary/aromatic N) is 1. The summed E-state index contributed by atoms with van der Waals surface area (Å²) >= 11 is 0. The SMILES string of the molecule is Cc1c(C(=O)NC2CCOCC2)cc(-c2ccc(S(=O)(=O)NC(C)(C)C)c(C(F)(F)F)c2)n1CC1CCC1. The first-order valence-corrected chi connectivity index (χ1v) is 14.5. The fourth-order valence-electron chi connectivity index (χ4n) is 4.99. The molecule has 11 heteroatoms. The largest absolute Gasteiger partial charge is 0.417 e. The number of aromatic nitrogens is 1. The molecule has 2 heterocycles. The minimum Gasteiger partial charge on any atom is -0.381 e. The van der Waals surface area contributed by atoms with E-state index in [2.05, 4.69) is 10.0 Å². The van der Waals surface area contributed by atoms with E-state index in [1.807, 2.05) is 4.57 Å². The number of halogens is 3. The van der Waals surface area contributed by atoms with E-state index in [0.717, 1.165) is 31.4 Å². The molecule has 0 bridgehead atoms. The van der Waals surface area contributed by atoms with E-state index in [-0.39, 0.29) is 17.5 Å². The van der Waals surface area contributed by atoms with Gasteiger partial charge < -0.3 is 14.6 Å². The molecule has 0 radical (unpaired) electrons. The van der Waals surface area contributed by atoms with Gasteiger partial charge in [-0.3, -0.25) is 4.79 Å². The number of carbonyl (C=O) groups excluding carboxylic acids is 1. The third kappa shape index (κ3) is 6.43. The third-order valence-corrected chi connectivity index (χ3v) is 8.96. The zero-order chi connectivity index (χ0) is 27.9. The Hall–Kier alpha value is -2.37. The van der Waals surface area contributed by atoms with Crippen molar-refractivity contribution < 1.29 is 31.1 Å². The maximum atomic E-state index is 14.2. The molecule has 1 aliphatic carbocycles. The van der Waals surface area contributed by atoms with Gasteiger partial charge in [-0.15, -0.1) is 0 Å². The van der Waals surface area contributed by atoms with E-state index in [9.17, 15) is 26.4 Å². The fraction of sp³-hybridized carbons (Fsp3) is 0.593. The topological polar surface area (TPSA) is 89.4 Å². The second-order valence-electron chi connectivity index (χ2n) is 11.4. The second kappa shape index (κ2) is 10.7. The monoisotopic (exact) mass is 555 g/mol. The highest BCUT2D eigenvalue weighted by Crippen LogP contribution is 2.39. The molecule has 38 heavy (non-hydrogen) atoms. The summed E-state index contributed by atoms with van der Waals surface area (Å²) in [4.78, 5) is 12.4. The number of hydrogen-bond acceptors (Lipinski definition) is 4. The van der Waals surface area contributed by atoms with Crippen LogP contribution in [-0.4, -0.2) is 43.7 Å². The lowest BCUT2D eigenvalue weighted by molar-refractivity contribution is -0.139. The number of benzene rings is 1. The maximum absolute atomic E-state index is 14.2. The molecule has 2 N–H and O–H groups in total. The van der Waals surface area contributed by atoms with Gasteiger partial charge in [-0.05, 0) is 83.1 Å². The first kappa shape index (κ1) is 28.6. The highest BCUT2D eigenvalue weighted by Gasteiger charge is 2.39. The number of sulfonamides is 1. The third-order valence-electron chi connectivity index (χ3n) is 7.14. The van der Waals surface area contributed by atoms with Crippen molar-refractivity contribution >= 4 is 15.9 Å². The summed E-state index contributed by atoms with van der Waals surface area (Å²) in [6, 6.07) is 4.87. The van der Waals surface area contributed by atoms with Crippen molar-refractivity contribution in [2.24, 2.45) is 5.92 Å². The second-order valence-corrected chi connectivity index (χ2v) is 13.0. The van der Waals surface area contributed by atoms with E-state index in [1.54, 1.807) is 33.8 Å². The lowest BCUT2D eigenvalue weighted by atomic mass is 9.85. The molecule has 1 aliphatic heterocycles. The zero-order valence-corrected chi connectivity index (χ0v) is 23.1. The Balaban J connectivity index is 1.77. The minimum atomic E-state index is -4.90. The molecule has 1 aromatic heterocycles. The Bertz CT molecular complexity index is 1290. The van der Waals surface area contributed by atoms with Crippen molar-refractivity contribution in [2.75, 3.05) is 13.2 Å². The van der Waals surface area contributed by atoms with Gasteiger partial charge in [0.15, 0.2) is 0 Å². The summed E-state index contributed by atoms with van der Waals surface area (Å²) in [6.07, 6.45) is -0.360. The molecule has 0 unspecified atom stereocenters. The van der Waals surface area contributed by atoms with Crippen LogP contribution in [0.2, 0.25) is 0 Å². The van der Waals surface area contributed by atoms with Crippen LogP contribution in [-0.2, 0) is 27.5 Å². The molecule has 2 aromatic rings. The minimum absolute atomic E-state index is 0.0225. The van der Waals surface area contributed by atoms with E-state index >= 15 is 0 Å². The van der Waals surface area contributed by atoms with Gasteiger partial charge in [-0.25, -0.2) is 13.1 Å². The number of nitrogens with one attached hydrogen (secondary N) is 2. The number of alkyl halides is 3. The predicted octanol–water partition coefficient (Wildman–Crippen LogP) is 5.27. The number of amides is 1. The first-order chi connectivity index (χ1) is 17.7. The Morgan fingerprint density at radius 2 is 1.74 bits per heavy atom. The quantitative estimate of drug-likeness (QED) is 0.487. The molecule has 1 aromatic carbocycles. The average Bonchev–Trinajstić information content (AvgIpc) is 3.10. The van der Waals surface area contributed by atoms with Gasteiger partial charge in [0.2, 0.25) is 10.0 Å². The van der Waals surface area contributed by atoms with Crippen molar-refractivity contribution in [1.82, 2.24) is 14.6 Å². The highest BCUT2D eigenvalue weighted by atomic mass is 32.2. The number of hydrogen-bond donors (Lipinski definition) is 2. The van der Waals surface area contributed by atoms with Gasteiger partial charge in [0, 0.05) is 42.7 Å². The molecule has 1 amide bonds. The van der Waals surface area contributed by atoms with Crippen LogP contribution in [0.1, 0.15) is 74.5 Å². The van der Waals surface area contributed by atoms with E-state index in [1.165, 1.54) is 6.07 Å². The smallest absolute Gasteiger partial charge is 0.381 e. The maximum Gasteiger partial charge on any atom is 0.417 e. The summed E-state index contributed by atoms with van der Waals surface area (Å²) in [7, 11) is -4.44. The van der Waals surface area contributed by atoms with Gasteiger partial charge >= 0.3 is 6.18 Å². The van der Waals surface area contributed by atoms with E-state index in [0.29, 0.717) is 55.5 Å². The van der Waals surface area contributed by atoms with Crippen LogP contribution < -0.4 is 10.0 Å². The Labute approximate surface area is 222 Å². The summed E-state index contributed by atoms with van der Waals surface area (Å²) in [5.41, 5.74) is -0.443. The summed E-state index contributed by atoms with van der Waals surface area (Å²) in [6.45, 7) is 8.21. The van der Waals surface area contributed by atoms with Crippen LogP contribution in [0.3, 0.4) is 0 Å². The van der Waals surface area contributed by atoms with Crippen LogP contribution in [0, 0.1) is 12.8 Å². The standard InChI is InChI=1S/C27H36F3N3O4S/c1-17-21(25(34)31-20-10-12-37-13-11-20)15-23(33(17)16-18-6-5-7-18)19-8-9-24(22(14-19)27(28,29)30)38(35,36)32-26(2,3)4/h8-9,14-15,18,20,32H,5-7,10-13,16H2,1-4H3,(H,31,34). The van der Waals surface area contributed by atoms with Crippen molar-refractivity contribution in [3.63, 3.8) is 0 Å². The molecular formula is C27H36F3N3O4S. The Kier molecular flexibility index (Phi) is 8.03. The number of ether oxygens (including phenoxy) is 1. The van der Waals surface area contributed by atoms with Crippen LogP contribution in [0.5, 0.6) is 0 Å². The average molecular weight is 556 g/mol. The molecule has 4 rings (SSSR count). The Morgan fingerprint density at radius 1 is 1.08 bits per heavy atom. The molecule has 210 valence electrons. The summed E-state index contributed by atoms with van der Waals surface area (Å²) in [5, 5.41) is 3.04. The van der Waals surface area contributed by atoms with Crippen molar-refractivity contribution in [2.45, 2.75) is 89.0 Å². The lowest BCUT2D eigenvalue weighted by Crippen LogP contribution is -2.41. The molecular weight excluding hydrogens is 519 g/mol. The molecule has 0 spiro atoms. The van der Waals surface area contributed by atoms with Crippen LogP contribution in [0.15, 0.2) is 29.2 Å². The van der Waals surface area contributed by atoms with Crippen LogP contribution >= 0.6 is 0 Å². The number of carbonyl (C=O) groups is 1. The number of rotatable bonds is 7. The first-order valence-electron chi connectivity index (χ1n) is 13.0. The van der Waals surface area contributed by atoms with Crippen molar-refractivity contribution in [3.05, 3.63) is 41.1 Å². The van der Waals surface area contributed by atoms with Crippen LogP contribution in [0.4, 0.5) is 13.2 Å². The van der Waals surface area contributed by atoms with Gasteiger partial charge in [0.25, 0.3) is 5.91 Å². The molecule has 0 atom stereocenters. The summed E-state index contributed by atoms with van der Waals surface area (Å²) < 4.78 is 77.9.